The van der Waals surface area contributed by atoms with E-state index in [2.05, 4.69) is 5.32 Å². The molecule has 7 nitrogen and oxygen atoms in total. The largest absolute Gasteiger partial charge is 0.481 e. The Hall–Kier alpha value is -2.70. The van der Waals surface area contributed by atoms with Crippen molar-refractivity contribution < 1.29 is 24.3 Å². The smallest absolute Gasteiger partial charge is 0.305 e. The van der Waals surface area contributed by atoms with Gasteiger partial charge in [-0.3, -0.25) is 19.2 Å². The fourth-order valence-electron chi connectivity index (χ4n) is 3.20. The SMILES string of the molecule is CC(=O)[C@@H]1CCCN1C(=O)Cc1ccccc1CC(=O)NCCC(=O)O. The minimum absolute atomic E-state index is 0.00180. The summed E-state index contributed by atoms with van der Waals surface area (Å²) in [6, 6.07) is 6.85. The van der Waals surface area contributed by atoms with E-state index in [0.29, 0.717) is 13.0 Å². The zero-order valence-corrected chi connectivity index (χ0v) is 14.9. The minimum Gasteiger partial charge on any atom is -0.481 e. The summed E-state index contributed by atoms with van der Waals surface area (Å²) in [5.41, 5.74) is 1.48. The highest BCUT2D eigenvalue weighted by Crippen LogP contribution is 2.20. The molecule has 1 saturated heterocycles. The molecule has 1 heterocycles. The summed E-state index contributed by atoms with van der Waals surface area (Å²) in [6.45, 7) is 2.16. The lowest BCUT2D eigenvalue weighted by Crippen LogP contribution is -2.40. The van der Waals surface area contributed by atoms with E-state index in [0.717, 1.165) is 17.5 Å². The number of carboxylic acids is 1. The van der Waals surface area contributed by atoms with Gasteiger partial charge in [-0.15, -0.1) is 0 Å². The third-order valence-corrected chi connectivity index (χ3v) is 4.51. The zero-order valence-electron chi connectivity index (χ0n) is 14.9. The number of nitrogens with zero attached hydrogens (tertiary/aromatic N) is 1. The second-order valence-electron chi connectivity index (χ2n) is 6.47. The lowest BCUT2D eigenvalue weighted by molar-refractivity contribution is -0.137. The molecule has 7 heteroatoms. The van der Waals surface area contributed by atoms with Gasteiger partial charge in [-0.25, -0.2) is 0 Å². The number of benzene rings is 1. The number of carbonyl (C=O) groups excluding carboxylic acids is 3. The van der Waals surface area contributed by atoms with Gasteiger partial charge in [-0.05, 0) is 30.9 Å². The van der Waals surface area contributed by atoms with E-state index in [1.165, 1.54) is 6.92 Å². The van der Waals surface area contributed by atoms with Gasteiger partial charge in [0.05, 0.1) is 25.3 Å². The number of Topliss-reactive ketones (excluding diaryl/α,β-unsaturated/α-hetero) is 1. The van der Waals surface area contributed by atoms with Crippen molar-refractivity contribution in [2.24, 2.45) is 0 Å². The second kappa shape index (κ2) is 9.12. The molecular formula is C19H24N2O5. The molecule has 1 fully saturated rings. The van der Waals surface area contributed by atoms with Crippen molar-refractivity contribution in [3.8, 4) is 0 Å². The number of nitrogens with one attached hydrogen (secondary N) is 1. The summed E-state index contributed by atoms with van der Waals surface area (Å²) in [5.74, 6) is -1.36. The van der Waals surface area contributed by atoms with Crippen molar-refractivity contribution >= 4 is 23.6 Å². The average Bonchev–Trinajstić information content (AvgIpc) is 3.06. The number of rotatable bonds is 8. The highest BCUT2D eigenvalue weighted by atomic mass is 16.4. The monoisotopic (exact) mass is 360 g/mol. The molecule has 0 aromatic heterocycles. The van der Waals surface area contributed by atoms with E-state index in [9.17, 15) is 19.2 Å². The van der Waals surface area contributed by atoms with Crippen LogP contribution in [0.1, 0.15) is 37.3 Å². The van der Waals surface area contributed by atoms with Crippen LogP contribution in [0.2, 0.25) is 0 Å². The predicted octanol–water partition coefficient (Wildman–Crippen LogP) is 0.942. The molecule has 1 atom stereocenters. The number of carbonyl (C=O) groups is 4. The first-order valence-electron chi connectivity index (χ1n) is 8.73. The van der Waals surface area contributed by atoms with E-state index >= 15 is 0 Å². The van der Waals surface area contributed by atoms with Crippen LogP contribution in [-0.4, -0.2) is 52.7 Å². The summed E-state index contributed by atoms with van der Waals surface area (Å²) >= 11 is 0. The Bertz CT molecular complexity index is 701. The number of hydrogen-bond acceptors (Lipinski definition) is 4. The van der Waals surface area contributed by atoms with E-state index < -0.39 is 5.97 Å². The second-order valence-corrected chi connectivity index (χ2v) is 6.47. The summed E-state index contributed by atoms with van der Waals surface area (Å²) in [7, 11) is 0. The van der Waals surface area contributed by atoms with E-state index in [1.807, 2.05) is 0 Å². The molecule has 0 saturated carbocycles. The van der Waals surface area contributed by atoms with Gasteiger partial charge in [0.1, 0.15) is 0 Å². The number of aliphatic carboxylic acids is 1. The van der Waals surface area contributed by atoms with Gasteiger partial charge in [-0.2, -0.15) is 0 Å². The molecule has 0 aliphatic carbocycles. The quantitative estimate of drug-likeness (QED) is 0.718. The van der Waals surface area contributed by atoms with Gasteiger partial charge >= 0.3 is 5.97 Å². The molecule has 1 aromatic carbocycles. The first-order chi connectivity index (χ1) is 12.4. The molecule has 0 unspecified atom stereocenters. The topological polar surface area (TPSA) is 104 Å². The van der Waals surface area contributed by atoms with Crippen LogP contribution in [0.15, 0.2) is 24.3 Å². The van der Waals surface area contributed by atoms with Gasteiger partial charge in [0.15, 0.2) is 5.78 Å². The molecule has 1 aliphatic rings. The molecule has 0 bridgehead atoms. The molecule has 140 valence electrons. The maximum absolute atomic E-state index is 12.6. The Morgan fingerprint density at radius 1 is 1.15 bits per heavy atom. The average molecular weight is 360 g/mol. The van der Waals surface area contributed by atoms with Crippen LogP contribution in [0.4, 0.5) is 0 Å². The number of likely N-dealkylation sites (tertiary alicyclic amines) is 1. The normalized spacial score (nSPS) is 16.3. The maximum Gasteiger partial charge on any atom is 0.305 e. The lowest BCUT2D eigenvalue weighted by Gasteiger charge is -2.23. The standard InChI is InChI=1S/C19H24N2O5/c1-13(22)16-7-4-10-21(16)18(24)12-15-6-3-2-5-14(15)11-17(23)20-9-8-19(25)26/h2-3,5-6,16H,4,7-12H2,1H3,(H,20,23)(H,25,26)/t16-/m0/s1. The number of hydrogen-bond donors (Lipinski definition) is 2. The molecule has 2 rings (SSSR count). The maximum atomic E-state index is 12.6. The Balaban J connectivity index is 2.00. The summed E-state index contributed by atoms with van der Waals surface area (Å²) in [5, 5.41) is 11.2. The molecule has 2 N–H and O–H groups in total. The predicted molar refractivity (Wildman–Crippen MR) is 94.5 cm³/mol. The van der Waals surface area contributed by atoms with Crippen LogP contribution in [0, 0.1) is 0 Å². The van der Waals surface area contributed by atoms with Gasteiger partial charge in [0.2, 0.25) is 11.8 Å². The lowest BCUT2D eigenvalue weighted by atomic mass is 10.0. The highest BCUT2D eigenvalue weighted by Gasteiger charge is 2.31. The highest BCUT2D eigenvalue weighted by molar-refractivity contribution is 5.89. The number of ketones is 1. The van der Waals surface area contributed by atoms with E-state index in [4.69, 9.17) is 5.11 Å². The molecule has 1 aliphatic heterocycles. The third-order valence-electron chi connectivity index (χ3n) is 4.51. The summed E-state index contributed by atoms with van der Waals surface area (Å²) < 4.78 is 0. The van der Waals surface area contributed by atoms with Crippen LogP contribution in [-0.2, 0) is 32.0 Å². The number of carboxylic acid groups (broad SMARTS) is 1. The fraction of sp³-hybridized carbons (Fsp3) is 0.474. The van der Waals surface area contributed by atoms with E-state index in [1.54, 1.807) is 29.2 Å². The fourth-order valence-corrected chi connectivity index (χ4v) is 3.20. The number of amides is 2. The van der Waals surface area contributed by atoms with Crippen molar-refractivity contribution in [3.05, 3.63) is 35.4 Å². The van der Waals surface area contributed by atoms with Crippen molar-refractivity contribution in [2.45, 2.75) is 45.1 Å². The van der Waals surface area contributed by atoms with Crippen molar-refractivity contribution in [1.29, 1.82) is 0 Å². The van der Waals surface area contributed by atoms with Crippen LogP contribution in [0.5, 0.6) is 0 Å². The molecule has 2 amide bonds. The summed E-state index contributed by atoms with van der Waals surface area (Å²) in [4.78, 5) is 48.4. The van der Waals surface area contributed by atoms with Crippen molar-refractivity contribution in [1.82, 2.24) is 10.2 Å². The van der Waals surface area contributed by atoms with Crippen molar-refractivity contribution in [2.75, 3.05) is 13.1 Å². The van der Waals surface area contributed by atoms with E-state index in [-0.39, 0.29) is 49.4 Å². The van der Waals surface area contributed by atoms with Crippen LogP contribution >= 0.6 is 0 Å². The first-order valence-corrected chi connectivity index (χ1v) is 8.73. The Kier molecular flexibility index (Phi) is 6.89. The Labute approximate surface area is 152 Å². The van der Waals surface area contributed by atoms with Gasteiger partial charge < -0.3 is 15.3 Å². The molecule has 0 spiro atoms. The van der Waals surface area contributed by atoms with Crippen LogP contribution in [0.3, 0.4) is 0 Å². The molecule has 26 heavy (non-hydrogen) atoms. The molecular weight excluding hydrogens is 336 g/mol. The first kappa shape index (κ1) is 19.6. The molecule has 1 aromatic rings. The Morgan fingerprint density at radius 3 is 2.42 bits per heavy atom. The third kappa shape index (κ3) is 5.40. The van der Waals surface area contributed by atoms with Crippen LogP contribution in [0.25, 0.3) is 0 Å². The summed E-state index contributed by atoms with van der Waals surface area (Å²) in [6.07, 6.45) is 1.62. The van der Waals surface area contributed by atoms with Crippen molar-refractivity contribution in [3.63, 3.8) is 0 Å². The minimum atomic E-state index is -0.970. The van der Waals surface area contributed by atoms with Gasteiger partial charge in [0.25, 0.3) is 0 Å². The van der Waals surface area contributed by atoms with Gasteiger partial charge in [0, 0.05) is 13.1 Å². The zero-order chi connectivity index (χ0) is 19.1. The van der Waals surface area contributed by atoms with Crippen LogP contribution < -0.4 is 5.32 Å². The Morgan fingerprint density at radius 2 is 1.81 bits per heavy atom. The molecule has 0 radical (unpaired) electrons. The van der Waals surface area contributed by atoms with Gasteiger partial charge in [-0.1, -0.05) is 24.3 Å².